The monoisotopic (exact) mass is 219 g/mol. The lowest BCUT2D eigenvalue weighted by molar-refractivity contribution is -0.119. The van der Waals surface area contributed by atoms with Crippen molar-refractivity contribution in [2.75, 3.05) is 5.06 Å². The first-order valence-electron chi connectivity index (χ1n) is 5.44. The lowest BCUT2D eigenvalue weighted by Gasteiger charge is -2.16. The molecule has 0 radical (unpaired) electrons. The molecule has 4 heteroatoms. The van der Waals surface area contributed by atoms with Crippen LogP contribution >= 0.6 is 0 Å². The molecule has 1 amide bonds. The number of anilines is 1. The number of hydroxylamine groups is 1. The van der Waals surface area contributed by atoms with Crippen molar-refractivity contribution < 1.29 is 14.7 Å². The Morgan fingerprint density at radius 2 is 2.00 bits per heavy atom. The van der Waals surface area contributed by atoms with Crippen LogP contribution < -0.4 is 5.06 Å². The summed E-state index contributed by atoms with van der Waals surface area (Å²) in [6.07, 6.45) is 2.45. The first-order valence-corrected chi connectivity index (χ1v) is 5.44. The molecule has 1 aliphatic carbocycles. The third kappa shape index (κ3) is 1.50. The van der Waals surface area contributed by atoms with E-state index in [0.717, 1.165) is 24.1 Å². The van der Waals surface area contributed by atoms with Gasteiger partial charge in [0.1, 0.15) is 5.60 Å². The first-order chi connectivity index (χ1) is 7.72. The number of hydrogen-bond donors (Lipinski definition) is 1. The predicted octanol–water partition coefficient (Wildman–Crippen LogP) is 1.38. The van der Waals surface area contributed by atoms with Crippen molar-refractivity contribution in [3.05, 3.63) is 29.8 Å². The number of aliphatic hydroxyl groups excluding tert-OH is 1. The smallest absolute Gasteiger partial charge is 0.253 e. The second-order valence-corrected chi connectivity index (χ2v) is 4.46. The highest BCUT2D eigenvalue weighted by Gasteiger charge is 2.54. The number of carbonyl (C=O) groups excluding carboxylic acids is 1. The second kappa shape index (κ2) is 3.30. The number of carbonyl (C=O) groups is 1. The topological polar surface area (TPSA) is 49.8 Å². The molecule has 1 saturated heterocycles. The van der Waals surface area contributed by atoms with Gasteiger partial charge in [-0.1, -0.05) is 12.1 Å². The largest absolute Gasteiger partial charge is 0.392 e. The SMILES string of the molecule is O=C1CC2(CC2)ON1c1ccc(CO)cc1. The average Bonchev–Trinajstić information content (AvgIpc) is 2.97. The highest BCUT2D eigenvalue weighted by molar-refractivity contribution is 5.94. The molecule has 4 nitrogen and oxygen atoms in total. The van der Waals surface area contributed by atoms with E-state index in [1.807, 2.05) is 0 Å². The van der Waals surface area contributed by atoms with Crippen LogP contribution in [0.1, 0.15) is 24.8 Å². The minimum Gasteiger partial charge on any atom is -0.392 e. The zero-order valence-electron chi connectivity index (χ0n) is 8.85. The normalized spacial score (nSPS) is 21.8. The maximum absolute atomic E-state index is 11.7. The van der Waals surface area contributed by atoms with Crippen molar-refractivity contribution >= 4 is 11.6 Å². The molecule has 0 aromatic heterocycles. The summed E-state index contributed by atoms with van der Waals surface area (Å²) in [7, 11) is 0. The average molecular weight is 219 g/mol. The van der Waals surface area contributed by atoms with E-state index in [1.165, 1.54) is 5.06 Å². The summed E-state index contributed by atoms with van der Waals surface area (Å²) in [5, 5.41) is 10.3. The molecule has 84 valence electrons. The quantitative estimate of drug-likeness (QED) is 0.817. The summed E-state index contributed by atoms with van der Waals surface area (Å²) in [5.41, 5.74) is 1.38. The van der Waals surface area contributed by atoms with Gasteiger partial charge in [0.15, 0.2) is 0 Å². The van der Waals surface area contributed by atoms with Crippen LogP contribution in [-0.4, -0.2) is 16.6 Å². The molecule has 1 aromatic rings. The van der Waals surface area contributed by atoms with E-state index in [9.17, 15) is 4.79 Å². The fraction of sp³-hybridized carbons (Fsp3) is 0.417. The molecular weight excluding hydrogens is 206 g/mol. The molecule has 0 bridgehead atoms. The number of aliphatic hydroxyl groups is 1. The summed E-state index contributed by atoms with van der Waals surface area (Å²) in [6.45, 7) is 0.0129. The van der Waals surface area contributed by atoms with Gasteiger partial charge in [-0.2, -0.15) is 5.06 Å². The number of nitrogens with zero attached hydrogens (tertiary/aromatic N) is 1. The van der Waals surface area contributed by atoms with Crippen LogP contribution in [0.5, 0.6) is 0 Å². The van der Waals surface area contributed by atoms with E-state index in [0.29, 0.717) is 6.42 Å². The van der Waals surface area contributed by atoms with E-state index in [2.05, 4.69) is 0 Å². The number of rotatable bonds is 2. The maximum Gasteiger partial charge on any atom is 0.253 e. The zero-order chi connectivity index (χ0) is 11.2. The van der Waals surface area contributed by atoms with Gasteiger partial charge in [-0.3, -0.25) is 9.63 Å². The Morgan fingerprint density at radius 3 is 2.50 bits per heavy atom. The third-order valence-electron chi connectivity index (χ3n) is 3.15. The Labute approximate surface area is 93.4 Å². The molecule has 1 aromatic carbocycles. The predicted molar refractivity (Wildman–Crippen MR) is 57.5 cm³/mol. The van der Waals surface area contributed by atoms with Crippen molar-refractivity contribution in [2.45, 2.75) is 31.5 Å². The Bertz CT molecular complexity index is 422. The summed E-state index contributed by atoms with van der Waals surface area (Å²) in [5.74, 6) is 0.0225. The molecule has 0 atom stereocenters. The number of amides is 1. The van der Waals surface area contributed by atoms with Crippen LogP contribution in [0.15, 0.2) is 24.3 Å². The van der Waals surface area contributed by atoms with Crippen molar-refractivity contribution in [1.82, 2.24) is 0 Å². The van der Waals surface area contributed by atoms with Crippen molar-refractivity contribution in [1.29, 1.82) is 0 Å². The number of benzene rings is 1. The van der Waals surface area contributed by atoms with Gasteiger partial charge in [0.05, 0.1) is 18.7 Å². The Morgan fingerprint density at radius 1 is 1.31 bits per heavy atom. The Hall–Kier alpha value is -1.39. The van der Waals surface area contributed by atoms with E-state index in [4.69, 9.17) is 9.94 Å². The molecule has 1 heterocycles. The van der Waals surface area contributed by atoms with Crippen LogP contribution in [-0.2, 0) is 16.2 Å². The van der Waals surface area contributed by atoms with E-state index in [1.54, 1.807) is 24.3 Å². The maximum atomic E-state index is 11.7. The summed E-state index contributed by atoms with van der Waals surface area (Å²) < 4.78 is 0. The van der Waals surface area contributed by atoms with Crippen molar-refractivity contribution in [3.8, 4) is 0 Å². The van der Waals surface area contributed by atoms with Crippen molar-refractivity contribution in [3.63, 3.8) is 0 Å². The minimum atomic E-state index is -0.188. The van der Waals surface area contributed by atoms with Gasteiger partial charge in [0.2, 0.25) is 0 Å². The lowest BCUT2D eigenvalue weighted by atomic mass is 10.2. The molecule has 1 saturated carbocycles. The van der Waals surface area contributed by atoms with E-state index in [-0.39, 0.29) is 18.1 Å². The highest BCUT2D eigenvalue weighted by atomic mass is 16.7. The molecule has 16 heavy (non-hydrogen) atoms. The van der Waals surface area contributed by atoms with Crippen LogP contribution in [0.4, 0.5) is 5.69 Å². The molecule has 1 aliphatic heterocycles. The molecular formula is C12H13NO3. The van der Waals surface area contributed by atoms with Gasteiger partial charge in [-0.05, 0) is 30.5 Å². The zero-order valence-corrected chi connectivity index (χ0v) is 8.85. The standard InChI is InChI=1S/C12H13NO3/c14-8-9-1-3-10(4-2-9)13-11(15)7-12(16-13)5-6-12/h1-4,14H,5-8H2. The summed E-state index contributed by atoms with van der Waals surface area (Å²) >= 11 is 0. The fourth-order valence-corrected chi connectivity index (χ4v) is 1.97. The molecule has 1 N–H and O–H groups in total. The lowest BCUT2D eigenvalue weighted by Crippen LogP contribution is -2.23. The number of hydrogen-bond acceptors (Lipinski definition) is 3. The summed E-state index contributed by atoms with van der Waals surface area (Å²) in [4.78, 5) is 17.4. The van der Waals surface area contributed by atoms with E-state index < -0.39 is 0 Å². The highest BCUT2D eigenvalue weighted by Crippen LogP contribution is 2.48. The van der Waals surface area contributed by atoms with Crippen molar-refractivity contribution in [2.24, 2.45) is 0 Å². The van der Waals surface area contributed by atoms with Crippen LogP contribution in [0.25, 0.3) is 0 Å². The summed E-state index contributed by atoms with van der Waals surface area (Å²) in [6, 6.07) is 7.18. The van der Waals surface area contributed by atoms with Gasteiger partial charge in [0, 0.05) is 0 Å². The van der Waals surface area contributed by atoms with Gasteiger partial charge < -0.3 is 5.11 Å². The van der Waals surface area contributed by atoms with E-state index >= 15 is 0 Å². The van der Waals surface area contributed by atoms with Gasteiger partial charge in [-0.15, -0.1) is 0 Å². The second-order valence-electron chi connectivity index (χ2n) is 4.46. The molecule has 1 spiro atoms. The van der Waals surface area contributed by atoms with Gasteiger partial charge in [-0.25, -0.2) is 0 Å². The van der Waals surface area contributed by atoms with Crippen LogP contribution in [0, 0.1) is 0 Å². The Kier molecular flexibility index (Phi) is 2.02. The fourth-order valence-electron chi connectivity index (χ4n) is 1.97. The van der Waals surface area contributed by atoms with Gasteiger partial charge in [0.25, 0.3) is 5.91 Å². The molecule has 0 unspecified atom stereocenters. The first kappa shape index (κ1) is 9.81. The molecule has 3 rings (SSSR count). The van der Waals surface area contributed by atoms with Crippen LogP contribution in [0.2, 0.25) is 0 Å². The minimum absolute atomic E-state index is 0.0129. The van der Waals surface area contributed by atoms with Crippen LogP contribution in [0.3, 0.4) is 0 Å². The Balaban J connectivity index is 1.83. The molecule has 2 fully saturated rings. The van der Waals surface area contributed by atoms with Gasteiger partial charge >= 0.3 is 0 Å². The third-order valence-corrected chi connectivity index (χ3v) is 3.15. The molecule has 2 aliphatic rings.